The van der Waals surface area contributed by atoms with Crippen LogP contribution in [0.3, 0.4) is 0 Å². The molecule has 0 spiro atoms. The van der Waals surface area contributed by atoms with E-state index in [4.69, 9.17) is 33.0 Å². The summed E-state index contributed by atoms with van der Waals surface area (Å²) < 4.78 is 12.4. The summed E-state index contributed by atoms with van der Waals surface area (Å²) in [6, 6.07) is 7.34. The maximum absolute atomic E-state index is 12.0. The minimum absolute atomic E-state index is 0.0992. The number of likely N-dealkylation sites (tertiary alicyclic amines) is 1. The van der Waals surface area contributed by atoms with Gasteiger partial charge in [-0.05, 0) is 50.7 Å². The SMILES string of the molecule is CCOC(=O)[C@@H]1CCCN(Cn2nc(-c3ccccc3Cl)oc2=S)C1. The molecule has 25 heavy (non-hydrogen) atoms. The molecule has 0 unspecified atom stereocenters. The van der Waals surface area contributed by atoms with E-state index in [-0.39, 0.29) is 16.7 Å². The number of ether oxygens (including phenoxy) is 1. The number of piperidine rings is 1. The summed E-state index contributed by atoms with van der Waals surface area (Å²) in [5, 5.41) is 5.01. The van der Waals surface area contributed by atoms with Gasteiger partial charge < -0.3 is 9.15 Å². The molecule has 1 atom stereocenters. The summed E-state index contributed by atoms with van der Waals surface area (Å²) in [7, 11) is 0. The molecule has 1 saturated heterocycles. The molecule has 1 aliphatic rings. The minimum atomic E-state index is -0.132. The number of nitrogens with zero attached hydrogens (tertiary/aromatic N) is 3. The molecular formula is C17H20ClN3O3S. The Kier molecular flexibility index (Phi) is 5.88. The Hall–Kier alpha value is -1.70. The van der Waals surface area contributed by atoms with Crippen LogP contribution in [0.25, 0.3) is 11.5 Å². The van der Waals surface area contributed by atoms with Gasteiger partial charge in [0, 0.05) is 6.54 Å². The van der Waals surface area contributed by atoms with Crippen molar-refractivity contribution in [3.05, 3.63) is 34.1 Å². The topological polar surface area (TPSA) is 60.5 Å². The van der Waals surface area contributed by atoms with E-state index in [2.05, 4.69) is 10.00 Å². The second-order valence-corrected chi connectivity index (χ2v) is 6.72. The van der Waals surface area contributed by atoms with Crippen molar-refractivity contribution in [1.82, 2.24) is 14.7 Å². The largest absolute Gasteiger partial charge is 0.466 e. The first-order valence-corrected chi connectivity index (χ1v) is 9.09. The Balaban J connectivity index is 1.72. The highest BCUT2D eigenvalue weighted by Gasteiger charge is 2.27. The van der Waals surface area contributed by atoms with E-state index in [0.29, 0.717) is 36.3 Å². The maximum Gasteiger partial charge on any atom is 0.310 e. The van der Waals surface area contributed by atoms with Gasteiger partial charge in [0.15, 0.2) is 0 Å². The number of carbonyl (C=O) groups excluding carboxylic acids is 1. The van der Waals surface area contributed by atoms with Gasteiger partial charge in [0.2, 0.25) is 5.89 Å². The van der Waals surface area contributed by atoms with E-state index in [1.807, 2.05) is 25.1 Å². The minimum Gasteiger partial charge on any atom is -0.466 e. The number of benzene rings is 1. The summed E-state index contributed by atoms with van der Waals surface area (Å²) in [6.07, 6.45) is 1.79. The quantitative estimate of drug-likeness (QED) is 0.580. The molecular weight excluding hydrogens is 362 g/mol. The Morgan fingerprint density at radius 2 is 2.28 bits per heavy atom. The highest BCUT2D eigenvalue weighted by Crippen LogP contribution is 2.26. The van der Waals surface area contributed by atoms with Crippen LogP contribution in [0.2, 0.25) is 5.02 Å². The van der Waals surface area contributed by atoms with Crippen molar-refractivity contribution in [2.45, 2.75) is 26.4 Å². The lowest BCUT2D eigenvalue weighted by atomic mass is 9.99. The lowest BCUT2D eigenvalue weighted by Gasteiger charge is -2.30. The number of hydrogen-bond donors (Lipinski definition) is 0. The highest BCUT2D eigenvalue weighted by atomic mass is 35.5. The Bertz CT molecular complexity index is 804. The Morgan fingerprint density at radius 1 is 1.48 bits per heavy atom. The molecule has 134 valence electrons. The normalized spacial score (nSPS) is 18.2. The molecule has 0 bridgehead atoms. The van der Waals surface area contributed by atoms with Gasteiger partial charge in [-0.3, -0.25) is 9.69 Å². The lowest BCUT2D eigenvalue weighted by Crippen LogP contribution is -2.40. The van der Waals surface area contributed by atoms with Crippen LogP contribution >= 0.6 is 23.8 Å². The fraction of sp³-hybridized carbons (Fsp3) is 0.471. The monoisotopic (exact) mass is 381 g/mol. The van der Waals surface area contributed by atoms with Crippen LogP contribution in [0.15, 0.2) is 28.7 Å². The molecule has 8 heteroatoms. The number of halogens is 1. The third-order valence-corrected chi connectivity index (χ3v) is 4.79. The van der Waals surface area contributed by atoms with E-state index < -0.39 is 0 Å². The van der Waals surface area contributed by atoms with Crippen molar-refractivity contribution >= 4 is 29.8 Å². The van der Waals surface area contributed by atoms with Gasteiger partial charge in [-0.15, -0.1) is 5.10 Å². The van der Waals surface area contributed by atoms with Crippen molar-refractivity contribution in [1.29, 1.82) is 0 Å². The smallest absolute Gasteiger partial charge is 0.310 e. The molecule has 2 aromatic rings. The second kappa shape index (κ2) is 8.12. The van der Waals surface area contributed by atoms with E-state index >= 15 is 0 Å². The van der Waals surface area contributed by atoms with Gasteiger partial charge in [-0.1, -0.05) is 23.7 Å². The Morgan fingerprint density at radius 3 is 3.04 bits per heavy atom. The van der Waals surface area contributed by atoms with Crippen LogP contribution in [0.1, 0.15) is 19.8 Å². The van der Waals surface area contributed by atoms with E-state index in [1.54, 1.807) is 10.7 Å². The van der Waals surface area contributed by atoms with Gasteiger partial charge >= 0.3 is 5.97 Å². The summed E-state index contributed by atoms with van der Waals surface area (Å²) in [5.41, 5.74) is 0.706. The summed E-state index contributed by atoms with van der Waals surface area (Å²) in [4.78, 5) is 14.4. The average Bonchev–Trinajstić information content (AvgIpc) is 2.96. The van der Waals surface area contributed by atoms with Gasteiger partial charge in [-0.2, -0.15) is 0 Å². The first-order chi connectivity index (χ1) is 12.1. The average molecular weight is 382 g/mol. The van der Waals surface area contributed by atoms with Crippen LogP contribution < -0.4 is 0 Å². The van der Waals surface area contributed by atoms with Crippen LogP contribution in [0.4, 0.5) is 0 Å². The fourth-order valence-corrected chi connectivity index (χ4v) is 3.36. The zero-order valence-electron chi connectivity index (χ0n) is 14.0. The van der Waals surface area contributed by atoms with Crippen LogP contribution in [0.5, 0.6) is 0 Å². The number of rotatable bonds is 5. The van der Waals surface area contributed by atoms with Crippen LogP contribution in [-0.2, 0) is 16.2 Å². The first kappa shape index (κ1) is 18.1. The molecule has 1 aromatic carbocycles. The molecule has 1 aliphatic heterocycles. The molecule has 0 N–H and O–H groups in total. The van der Waals surface area contributed by atoms with Crippen molar-refractivity contribution in [2.75, 3.05) is 19.7 Å². The fourth-order valence-electron chi connectivity index (χ4n) is 2.97. The first-order valence-electron chi connectivity index (χ1n) is 8.30. The van der Waals surface area contributed by atoms with Crippen LogP contribution in [0, 0.1) is 10.8 Å². The molecule has 0 aliphatic carbocycles. The van der Waals surface area contributed by atoms with Gasteiger partial charge in [0.1, 0.15) is 0 Å². The zero-order valence-corrected chi connectivity index (χ0v) is 15.6. The van der Waals surface area contributed by atoms with E-state index in [1.165, 1.54) is 0 Å². The number of esters is 1. The van der Waals surface area contributed by atoms with Crippen molar-refractivity contribution in [2.24, 2.45) is 5.92 Å². The molecule has 2 heterocycles. The van der Waals surface area contributed by atoms with Crippen molar-refractivity contribution in [3.8, 4) is 11.5 Å². The van der Waals surface area contributed by atoms with E-state index in [9.17, 15) is 4.79 Å². The van der Waals surface area contributed by atoms with Gasteiger partial charge in [-0.25, -0.2) is 4.68 Å². The molecule has 1 aromatic heterocycles. The summed E-state index contributed by atoms with van der Waals surface area (Å²) in [6.45, 7) is 4.22. The number of aromatic nitrogens is 2. The third kappa shape index (κ3) is 4.29. The van der Waals surface area contributed by atoms with Gasteiger partial charge in [0.05, 0.1) is 29.8 Å². The molecule has 6 nitrogen and oxygen atoms in total. The number of hydrogen-bond acceptors (Lipinski definition) is 6. The maximum atomic E-state index is 12.0. The highest BCUT2D eigenvalue weighted by molar-refractivity contribution is 7.71. The van der Waals surface area contributed by atoms with Gasteiger partial charge in [0.25, 0.3) is 4.84 Å². The standard InChI is InChI=1S/C17H20ClN3O3S/c1-2-23-16(22)12-6-5-9-20(10-12)11-21-17(25)24-15(19-21)13-7-3-4-8-14(13)18/h3-4,7-8,12H,2,5-6,9-11H2,1H3/t12-/m1/s1. The number of carbonyl (C=O) groups is 1. The van der Waals surface area contributed by atoms with Crippen molar-refractivity contribution in [3.63, 3.8) is 0 Å². The molecule has 0 amide bonds. The molecule has 1 fully saturated rings. The zero-order chi connectivity index (χ0) is 17.8. The predicted molar refractivity (Wildman–Crippen MR) is 96.7 cm³/mol. The molecule has 3 rings (SSSR count). The molecule has 0 radical (unpaired) electrons. The van der Waals surface area contributed by atoms with E-state index in [0.717, 1.165) is 19.4 Å². The predicted octanol–water partition coefficient (Wildman–Crippen LogP) is 3.76. The third-order valence-electron chi connectivity index (χ3n) is 4.17. The van der Waals surface area contributed by atoms with Crippen LogP contribution in [-0.4, -0.2) is 40.3 Å². The summed E-state index contributed by atoms with van der Waals surface area (Å²) in [5.74, 6) is 0.167. The summed E-state index contributed by atoms with van der Waals surface area (Å²) >= 11 is 11.5. The Labute approximate surface area is 156 Å². The lowest BCUT2D eigenvalue weighted by molar-refractivity contribution is -0.150. The second-order valence-electron chi connectivity index (χ2n) is 5.96. The van der Waals surface area contributed by atoms with Crippen molar-refractivity contribution < 1.29 is 13.9 Å². The molecule has 0 saturated carbocycles.